The van der Waals surface area contributed by atoms with Gasteiger partial charge in [0.2, 0.25) is 0 Å². The molecular weight excluding hydrogens is 126 g/mol. The first-order valence-electron chi connectivity index (χ1n) is 3.01. The van der Waals surface area contributed by atoms with Gasteiger partial charge >= 0.3 is 0 Å². The van der Waals surface area contributed by atoms with E-state index in [0.717, 1.165) is 5.56 Å². The number of pyridine rings is 1. The summed E-state index contributed by atoms with van der Waals surface area (Å²) in [5, 5.41) is 3.50. The van der Waals surface area contributed by atoms with Crippen LogP contribution in [-0.4, -0.2) is 11.7 Å². The lowest BCUT2D eigenvalue weighted by Crippen LogP contribution is -2.03. The quantitative estimate of drug-likeness (QED) is 0.491. The van der Waals surface area contributed by atoms with Gasteiger partial charge in [0.15, 0.2) is 0 Å². The first-order valence-corrected chi connectivity index (χ1v) is 3.01. The van der Waals surface area contributed by atoms with Crippen LogP contribution in [0.2, 0.25) is 0 Å². The Morgan fingerprint density at radius 2 is 2.60 bits per heavy atom. The Labute approximate surface area is 59.8 Å². The second kappa shape index (κ2) is 3.61. The number of hydrogen-bond acceptors (Lipinski definition) is 3. The average Bonchev–Trinajstić information content (AvgIpc) is 2.03. The van der Waals surface area contributed by atoms with E-state index in [2.05, 4.69) is 22.2 Å². The van der Waals surface area contributed by atoms with Crippen LogP contribution < -0.4 is 5.43 Å². The zero-order chi connectivity index (χ0) is 7.23. The van der Waals surface area contributed by atoms with Crippen molar-refractivity contribution >= 4 is 6.72 Å². The van der Waals surface area contributed by atoms with Crippen molar-refractivity contribution in [2.24, 2.45) is 5.10 Å². The van der Waals surface area contributed by atoms with E-state index >= 15 is 0 Å². The highest BCUT2D eigenvalue weighted by atomic mass is 15.3. The summed E-state index contributed by atoms with van der Waals surface area (Å²) < 4.78 is 0. The number of hydrogen-bond donors (Lipinski definition) is 1. The first kappa shape index (κ1) is 6.74. The maximum Gasteiger partial charge on any atom is 0.0594 e. The van der Waals surface area contributed by atoms with Gasteiger partial charge < -0.3 is 5.43 Å². The summed E-state index contributed by atoms with van der Waals surface area (Å²) in [5.74, 6) is 0. The number of rotatable bonds is 3. The third-order valence-corrected chi connectivity index (χ3v) is 1.12. The molecule has 0 aliphatic carbocycles. The van der Waals surface area contributed by atoms with Crippen LogP contribution in [0.5, 0.6) is 0 Å². The fraction of sp³-hybridized carbons (Fsp3) is 0.143. The summed E-state index contributed by atoms with van der Waals surface area (Å²) in [7, 11) is 0. The fourth-order valence-corrected chi connectivity index (χ4v) is 0.650. The second-order valence-corrected chi connectivity index (χ2v) is 1.85. The lowest BCUT2D eigenvalue weighted by atomic mass is 10.3. The average molecular weight is 135 g/mol. The van der Waals surface area contributed by atoms with Crippen molar-refractivity contribution in [3.63, 3.8) is 0 Å². The zero-order valence-electron chi connectivity index (χ0n) is 5.62. The molecule has 1 aromatic heterocycles. The molecule has 0 radical (unpaired) electrons. The van der Waals surface area contributed by atoms with Crippen LogP contribution in [0.3, 0.4) is 0 Å². The van der Waals surface area contributed by atoms with Gasteiger partial charge in [-0.1, -0.05) is 6.07 Å². The summed E-state index contributed by atoms with van der Waals surface area (Å²) in [4.78, 5) is 3.94. The highest BCUT2D eigenvalue weighted by molar-refractivity contribution is 5.22. The molecule has 0 atom stereocenters. The molecule has 52 valence electrons. The van der Waals surface area contributed by atoms with Gasteiger partial charge in [-0.3, -0.25) is 4.98 Å². The molecule has 0 unspecified atom stereocenters. The summed E-state index contributed by atoms with van der Waals surface area (Å²) >= 11 is 0. The Morgan fingerprint density at radius 3 is 3.20 bits per heavy atom. The zero-order valence-corrected chi connectivity index (χ0v) is 5.62. The first-order chi connectivity index (χ1) is 4.93. The van der Waals surface area contributed by atoms with Crippen LogP contribution in [0.25, 0.3) is 0 Å². The summed E-state index contributed by atoms with van der Waals surface area (Å²) in [5.41, 5.74) is 3.84. The molecule has 0 spiro atoms. The molecule has 0 bridgehead atoms. The Morgan fingerprint density at radius 1 is 1.70 bits per heavy atom. The predicted molar refractivity (Wildman–Crippen MR) is 40.6 cm³/mol. The molecule has 0 aromatic carbocycles. The molecule has 1 aromatic rings. The maximum atomic E-state index is 3.94. The summed E-state index contributed by atoms with van der Waals surface area (Å²) in [6.07, 6.45) is 3.53. The molecule has 10 heavy (non-hydrogen) atoms. The maximum absolute atomic E-state index is 3.94. The van der Waals surface area contributed by atoms with Crippen molar-refractivity contribution < 1.29 is 0 Å². The third-order valence-electron chi connectivity index (χ3n) is 1.12. The standard InChI is InChI=1S/C7H9N3/c1-8-10-6-7-3-2-4-9-5-7/h2-5,10H,1,6H2. The molecule has 0 saturated heterocycles. The van der Waals surface area contributed by atoms with Crippen molar-refractivity contribution in [2.45, 2.75) is 6.54 Å². The number of hydrazone groups is 1. The lowest BCUT2D eigenvalue weighted by molar-refractivity contribution is 0.748. The van der Waals surface area contributed by atoms with E-state index in [1.807, 2.05) is 12.1 Å². The van der Waals surface area contributed by atoms with Crippen LogP contribution in [0, 0.1) is 0 Å². The largest absolute Gasteiger partial charge is 0.306 e. The van der Waals surface area contributed by atoms with Gasteiger partial charge in [0.25, 0.3) is 0 Å². The summed E-state index contributed by atoms with van der Waals surface area (Å²) in [6.45, 7) is 3.99. The molecular formula is C7H9N3. The number of nitrogens with zero attached hydrogens (tertiary/aromatic N) is 2. The fourth-order valence-electron chi connectivity index (χ4n) is 0.650. The van der Waals surface area contributed by atoms with E-state index in [0.29, 0.717) is 6.54 Å². The topological polar surface area (TPSA) is 37.3 Å². The van der Waals surface area contributed by atoms with Crippen LogP contribution in [0.15, 0.2) is 29.6 Å². The SMILES string of the molecule is C=NNCc1cccnc1. The van der Waals surface area contributed by atoms with Crippen molar-refractivity contribution in [2.75, 3.05) is 0 Å². The van der Waals surface area contributed by atoms with E-state index in [1.54, 1.807) is 12.4 Å². The predicted octanol–water partition coefficient (Wildman–Crippen LogP) is 0.787. The van der Waals surface area contributed by atoms with E-state index in [1.165, 1.54) is 0 Å². The van der Waals surface area contributed by atoms with Gasteiger partial charge in [-0.15, -0.1) is 0 Å². The van der Waals surface area contributed by atoms with Gasteiger partial charge in [0.05, 0.1) is 6.54 Å². The normalized spacial score (nSPS) is 8.80. The smallest absolute Gasteiger partial charge is 0.0594 e. The van der Waals surface area contributed by atoms with Gasteiger partial charge in [-0.2, -0.15) is 5.10 Å². The van der Waals surface area contributed by atoms with Crippen molar-refractivity contribution in [3.05, 3.63) is 30.1 Å². The third kappa shape index (κ3) is 1.85. The lowest BCUT2D eigenvalue weighted by Gasteiger charge is -1.96. The molecule has 1 N–H and O–H groups in total. The van der Waals surface area contributed by atoms with Crippen LogP contribution >= 0.6 is 0 Å². The van der Waals surface area contributed by atoms with Crippen molar-refractivity contribution in [3.8, 4) is 0 Å². The van der Waals surface area contributed by atoms with E-state index in [4.69, 9.17) is 0 Å². The Bertz CT molecular complexity index is 195. The highest BCUT2D eigenvalue weighted by Crippen LogP contribution is 1.92. The van der Waals surface area contributed by atoms with Gasteiger partial charge in [-0.05, 0) is 11.6 Å². The van der Waals surface area contributed by atoms with Gasteiger partial charge in [0, 0.05) is 19.1 Å². The molecule has 0 saturated carbocycles. The molecule has 0 aliphatic heterocycles. The minimum absolute atomic E-state index is 0.692. The molecule has 3 nitrogen and oxygen atoms in total. The van der Waals surface area contributed by atoms with E-state index < -0.39 is 0 Å². The van der Waals surface area contributed by atoms with Crippen LogP contribution in [-0.2, 0) is 6.54 Å². The molecule has 1 rings (SSSR count). The highest BCUT2D eigenvalue weighted by Gasteiger charge is 1.86. The summed E-state index contributed by atoms with van der Waals surface area (Å²) in [6, 6.07) is 3.87. The molecule has 0 aliphatic rings. The molecule has 0 fully saturated rings. The van der Waals surface area contributed by atoms with E-state index in [9.17, 15) is 0 Å². The minimum atomic E-state index is 0.692. The van der Waals surface area contributed by atoms with Gasteiger partial charge in [-0.25, -0.2) is 0 Å². The number of nitrogens with one attached hydrogen (secondary N) is 1. The van der Waals surface area contributed by atoms with E-state index in [-0.39, 0.29) is 0 Å². The Hall–Kier alpha value is -1.38. The molecule has 0 amide bonds. The van der Waals surface area contributed by atoms with Crippen molar-refractivity contribution in [1.29, 1.82) is 0 Å². The van der Waals surface area contributed by atoms with Crippen LogP contribution in [0.4, 0.5) is 0 Å². The second-order valence-electron chi connectivity index (χ2n) is 1.85. The number of aromatic nitrogens is 1. The molecule has 1 heterocycles. The molecule has 3 heteroatoms. The Balaban J connectivity index is 2.50. The monoisotopic (exact) mass is 135 g/mol. The van der Waals surface area contributed by atoms with Crippen LogP contribution in [0.1, 0.15) is 5.56 Å². The van der Waals surface area contributed by atoms with Gasteiger partial charge in [0.1, 0.15) is 0 Å². The van der Waals surface area contributed by atoms with Crippen molar-refractivity contribution in [1.82, 2.24) is 10.4 Å². The minimum Gasteiger partial charge on any atom is -0.306 e. The Kier molecular flexibility index (Phi) is 2.43.